The van der Waals surface area contributed by atoms with E-state index in [2.05, 4.69) is 0 Å². The van der Waals surface area contributed by atoms with Crippen LogP contribution in [-0.2, 0) is 11.2 Å². The summed E-state index contributed by atoms with van der Waals surface area (Å²) in [7, 11) is 1.61. The number of carbonyl (C=O) groups is 1. The zero-order valence-corrected chi connectivity index (χ0v) is 10.2. The predicted octanol–water partition coefficient (Wildman–Crippen LogP) is 2.82. The van der Waals surface area contributed by atoms with E-state index in [1.54, 1.807) is 19.2 Å². The molecule has 88 valence electrons. The highest BCUT2D eigenvalue weighted by atomic mass is 16.5. The smallest absolute Gasteiger partial charge is 0.338 e. The van der Waals surface area contributed by atoms with Gasteiger partial charge in [-0.05, 0) is 44.0 Å². The monoisotopic (exact) mass is 222 g/mol. The summed E-state index contributed by atoms with van der Waals surface area (Å²) >= 11 is 0. The van der Waals surface area contributed by atoms with Crippen molar-refractivity contribution < 1.29 is 14.3 Å². The Bertz CT molecular complexity index is 369. The molecule has 1 aromatic rings. The molecule has 0 atom stereocenters. The number of rotatable bonds is 4. The number of methoxy groups -OCH3 is 1. The molecule has 1 rings (SSSR count). The van der Waals surface area contributed by atoms with E-state index >= 15 is 0 Å². The highest BCUT2D eigenvalue weighted by Crippen LogP contribution is 2.19. The number of ether oxygens (including phenoxy) is 2. The van der Waals surface area contributed by atoms with Gasteiger partial charge in [0.15, 0.2) is 0 Å². The molecule has 1 aromatic carbocycles. The number of aryl methyl sites for hydroxylation is 1. The summed E-state index contributed by atoms with van der Waals surface area (Å²) in [6, 6.07) is 5.40. The maximum Gasteiger partial charge on any atom is 0.338 e. The van der Waals surface area contributed by atoms with Crippen molar-refractivity contribution in [2.24, 2.45) is 0 Å². The molecule has 0 N–H and O–H groups in total. The molecular weight excluding hydrogens is 204 g/mol. The summed E-state index contributed by atoms with van der Waals surface area (Å²) in [5, 5.41) is 0. The first kappa shape index (κ1) is 12.6. The van der Waals surface area contributed by atoms with Gasteiger partial charge in [-0.25, -0.2) is 4.79 Å². The van der Waals surface area contributed by atoms with Crippen LogP contribution in [0.4, 0.5) is 0 Å². The van der Waals surface area contributed by atoms with Gasteiger partial charge in [-0.15, -0.1) is 0 Å². The minimum atomic E-state index is -0.269. The van der Waals surface area contributed by atoms with Crippen LogP contribution in [0.1, 0.15) is 36.7 Å². The first-order chi connectivity index (χ1) is 7.58. The van der Waals surface area contributed by atoms with Crippen molar-refractivity contribution in [3.05, 3.63) is 29.3 Å². The van der Waals surface area contributed by atoms with Crippen molar-refractivity contribution in [3.63, 3.8) is 0 Å². The summed E-state index contributed by atoms with van der Waals surface area (Å²) < 4.78 is 10.3. The number of esters is 1. The van der Waals surface area contributed by atoms with E-state index in [4.69, 9.17) is 9.47 Å². The summed E-state index contributed by atoms with van der Waals surface area (Å²) in [6.45, 7) is 5.68. The Hall–Kier alpha value is -1.51. The van der Waals surface area contributed by atoms with Crippen LogP contribution >= 0.6 is 0 Å². The lowest BCUT2D eigenvalue weighted by Gasteiger charge is -2.11. The Balaban J connectivity index is 2.99. The lowest BCUT2D eigenvalue weighted by atomic mass is 10.0. The van der Waals surface area contributed by atoms with Crippen LogP contribution in [0.25, 0.3) is 0 Å². The largest absolute Gasteiger partial charge is 0.497 e. The first-order valence-electron chi connectivity index (χ1n) is 5.46. The molecular formula is C13H18O3. The van der Waals surface area contributed by atoms with Crippen molar-refractivity contribution in [2.75, 3.05) is 7.11 Å². The van der Waals surface area contributed by atoms with Gasteiger partial charge in [0.2, 0.25) is 0 Å². The highest BCUT2D eigenvalue weighted by Gasteiger charge is 2.13. The molecule has 0 aliphatic carbocycles. The molecule has 0 radical (unpaired) electrons. The summed E-state index contributed by atoms with van der Waals surface area (Å²) in [6.07, 6.45) is 0.680. The topological polar surface area (TPSA) is 35.5 Å². The van der Waals surface area contributed by atoms with E-state index in [1.165, 1.54) is 0 Å². The lowest BCUT2D eigenvalue weighted by molar-refractivity contribution is 0.0376. The minimum absolute atomic E-state index is 0.0979. The van der Waals surface area contributed by atoms with E-state index in [1.807, 2.05) is 26.8 Å². The molecule has 0 fully saturated rings. The molecule has 3 nitrogen and oxygen atoms in total. The fourth-order valence-corrected chi connectivity index (χ4v) is 1.47. The second-order valence-corrected chi connectivity index (χ2v) is 3.83. The Labute approximate surface area is 96.4 Å². The molecule has 0 aliphatic rings. The van der Waals surface area contributed by atoms with Crippen LogP contribution < -0.4 is 4.74 Å². The van der Waals surface area contributed by atoms with Crippen LogP contribution in [0.3, 0.4) is 0 Å². The Morgan fingerprint density at radius 2 is 2.06 bits per heavy atom. The summed E-state index contributed by atoms with van der Waals surface area (Å²) in [5.74, 6) is 0.493. The first-order valence-corrected chi connectivity index (χ1v) is 5.46. The van der Waals surface area contributed by atoms with Gasteiger partial charge < -0.3 is 9.47 Å². The third-order valence-electron chi connectivity index (χ3n) is 2.26. The Morgan fingerprint density at radius 1 is 1.38 bits per heavy atom. The van der Waals surface area contributed by atoms with Crippen molar-refractivity contribution in [1.82, 2.24) is 0 Å². The van der Waals surface area contributed by atoms with Crippen LogP contribution in [0.2, 0.25) is 0 Å². The van der Waals surface area contributed by atoms with Gasteiger partial charge in [-0.3, -0.25) is 0 Å². The molecule has 0 aliphatic heterocycles. The molecule has 3 heteroatoms. The SMILES string of the molecule is CCc1cc(OC)ccc1C(=O)OC(C)C. The maximum absolute atomic E-state index is 11.8. The molecule has 0 saturated heterocycles. The van der Waals surface area contributed by atoms with Crippen molar-refractivity contribution in [1.29, 1.82) is 0 Å². The molecule has 0 bridgehead atoms. The summed E-state index contributed by atoms with van der Waals surface area (Å²) in [4.78, 5) is 11.8. The number of hydrogen-bond donors (Lipinski definition) is 0. The van der Waals surface area contributed by atoms with Crippen LogP contribution in [0.5, 0.6) is 5.75 Å². The van der Waals surface area contributed by atoms with E-state index < -0.39 is 0 Å². The molecule has 0 heterocycles. The number of hydrogen-bond acceptors (Lipinski definition) is 3. The van der Waals surface area contributed by atoms with Gasteiger partial charge in [0.1, 0.15) is 5.75 Å². The lowest BCUT2D eigenvalue weighted by Crippen LogP contribution is -2.13. The third-order valence-corrected chi connectivity index (χ3v) is 2.26. The van der Waals surface area contributed by atoms with Crippen molar-refractivity contribution in [2.45, 2.75) is 33.3 Å². The Morgan fingerprint density at radius 3 is 2.56 bits per heavy atom. The maximum atomic E-state index is 11.8. The second kappa shape index (κ2) is 5.54. The van der Waals surface area contributed by atoms with Crippen molar-refractivity contribution in [3.8, 4) is 5.75 Å². The van der Waals surface area contributed by atoms with Gasteiger partial charge >= 0.3 is 5.97 Å². The van der Waals surface area contributed by atoms with E-state index in [-0.39, 0.29) is 12.1 Å². The van der Waals surface area contributed by atoms with E-state index in [0.717, 1.165) is 17.7 Å². The zero-order valence-electron chi connectivity index (χ0n) is 10.2. The zero-order chi connectivity index (χ0) is 12.1. The molecule has 0 saturated carbocycles. The fraction of sp³-hybridized carbons (Fsp3) is 0.462. The van der Waals surface area contributed by atoms with Crippen LogP contribution in [0, 0.1) is 0 Å². The van der Waals surface area contributed by atoms with Gasteiger partial charge in [-0.2, -0.15) is 0 Å². The molecule has 0 amide bonds. The molecule has 16 heavy (non-hydrogen) atoms. The molecule has 0 unspecified atom stereocenters. The predicted molar refractivity (Wildman–Crippen MR) is 62.9 cm³/mol. The van der Waals surface area contributed by atoms with Crippen LogP contribution in [0.15, 0.2) is 18.2 Å². The minimum Gasteiger partial charge on any atom is -0.497 e. The number of benzene rings is 1. The summed E-state index contributed by atoms with van der Waals surface area (Å²) in [5.41, 5.74) is 1.57. The van der Waals surface area contributed by atoms with E-state index in [9.17, 15) is 4.79 Å². The Kier molecular flexibility index (Phi) is 4.35. The quantitative estimate of drug-likeness (QED) is 0.735. The van der Waals surface area contributed by atoms with Gasteiger partial charge in [0, 0.05) is 0 Å². The molecule has 0 spiro atoms. The number of carbonyl (C=O) groups excluding carboxylic acids is 1. The van der Waals surface area contributed by atoms with Crippen LogP contribution in [-0.4, -0.2) is 19.2 Å². The normalized spacial score (nSPS) is 10.3. The van der Waals surface area contributed by atoms with E-state index in [0.29, 0.717) is 5.56 Å². The average molecular weight is 222 g/mol. The average Bonchev–Trinajstić information content (AvgIpc) is 2.27. The standard InChI is InChI=1S/C13H18O3/c1-5-10-8-11(15-4)6-7-12(10)13(14)16-9(2)3/h6-9H,5H2,1-4H3. The van der Waals surface area contributed by atoms with Gasteiger partial charge in [-0.1, -0.05) is 6.92 Å². The highest BCUT2D eigenvalue weighted by molar-refractivity contribution is 5.91. The van der Waals surface area contributed by atoms with Crippen molar-refractivity contribution >= 4 is 5.97 Å². The van der Waals surface area contributed by atoms with Gasteiger partial charge in [0.25, 0.3) is 0 Å². The second-order valence-electron chi connectivity index (χ2n) is 3.83. The van der Waals surface area contributed by atoms with Gasteiger partial charge in [0.05, 0.1) is 18.8 Å². The third kappa shape index (κ3) is 2.99. The molecule has 0 aromatic heterocycles. The fourth-order valence-electron chi connectivity index (χ4n) is 1.47.